The molecule has 0 aliphatic heterocycles. The Bertz CT molecular complexity index is 87.7. The molecule has 8 nitrogen and oxygen atoms in total. The quantitative estimate of drug-likeness (QED) is 0.158. The predicted octanol–water partition coefficient (Wildman–Crippen LogP) is -0.618. The summed E-state index contributed by atoms with van der Waals surface area (Å²) >= 11 is 0. The Morgan fingerprint density at radius 2 is 0.778 bits per heavy atom. The Balaban J connectivity index is -0.0000000771. The van der Waals surface area contributed by atoms with Gasteiger partial charge >= 0.3 is 10.4 Å². The second-order valence-electron chi connectivity index (χ2n) is 0.448. The fraction of sp³-hybridized carbons (Fsp3) is 0. The van der Waals surface area contributed by atoms with Gasteiger partial charge in [-0.25, -0.2) is 0 Å². The molecule has 0 atom stereocenters. The van der Waals surface area contributed by atoms with Gasteiger partial charge < -0.3 is 0 Å². The minimum Gasteiger partial charge on any atom is -0.264 e. The van der Waals surface area contributed by atoms with Crippen LogP contribution in [0.15, 0.2) is 0 Å². The van der Waals surface area contributed by atoms with Gasteiger partial charge in [0, 0.05) is 0 Å². The molecule has 0 heterocycles. The topological polar surface area (TPSA) is 156 Å². The highest BCUT2D eigenvalue weighted by Crippen LogP contribution is 1.59. The molecule has 9 heavy (non-hydrogen) atoms. The van der Waals surface area contributed by atoms with Crippen molar-refractivity contribution >= 4 is 10.4 Å². The first-order valence-electron chi connectivity index (χ1n) is 1.10. The highest BCUT2D eigenvalue weighted by molar-refractivity contribution is 7.79. The summed E-state index contributed by atoms with van der Waals surface area (Å²) in [6.45, 7) is 0. The van der Waals surface area contributed by atoms with Gasteiger partial charge in [-0.05, 0) is 0 Å². The van der Waals surface area contributed by atoms with E-state index in [0.29, 0.717) is 0 Å². The van der Waals surface area contributed by atoms with E-state index in [1.165, 1.54) is 0 Å². The van der Waals surface area contributed by atoms with Gasteiger partial charge in [0.05, 0.1) is 0 Å². The maximum absolute atomic E-state index is 8.74. The Kier molecular flexibility index (Phi) is 18.8. The standard InChI is InChI=1S/H2O4S.2H2O2/c1-5(2,3)4;2*1-2/h(H2,1,2,3,4);2*1-2H. The monoisotopic (exact) mass is 166 g/mol. The van der Waals surface area contributed by atoms with Crippen LogP contribution in [-0.4, -0.2) is 38.6 Å². The van der Waals surface area contributed by atoms with Crippen LogP contribution in [-0.2, 0) is 10.4 Å². The van der Waals surface area contributed by atoms with Gasteiger partial charge in [-0.3, -0.25) is 30.1 Å². The van der Waals surface area contributed by atoms with Crippen LogP contribution in [0.5, 0.6) is 0 Å². The molecule has 0 rings (SSSR count). The molecule has 0 aromatic carbocycles. The first-order valence-corrected chi connectivity index (χ1v) is 2.50. The zero-order valence-electron chi connectivity index (χ0n) is 3.91. The van der Waals surface area contributed by atoms with Gasteiger partial charge in [-0.1, -0.05) is 0 Å². The summed E-state index contributed by atoms with van der Waals surface area (Å²) in [5.74, 6) is 0. The highest BCUT2D eigenvalue weighted by atomic mass is 32.3. The van der Waals surface area contributed by atoms with E-state index in [0.717, 1.165) is 0 Å². The molecule has 6 N–H and O–H groups in total. The Morgan fingerprint density at radius 1 is 0.778 bits per heavy atom. The molecule has 60 valence electrons. The van der Waals surface area contributed by atoms with Crippen LogP contribution in [0.25, 0.3) is 0 Å². The first kappa shape index (κ1) is 15.9. The summed E-state index contributed by atoms with van der Waals surface area (Å²) < 4.78 is 31.6. The van der Waals surface area contributed by atoms with Gasteiger partial charge in [0.2, 0.25) is 0 Å². The molecule has 0 spiro atoms. The molecule has 0 amide bonds. The van der Waals surface area contributed by atoms with Crippen LogP contribution in [0.1, 0.15) is 0 Å². The zero-order valence-corrected chi connectivity index (χ0v) is 4.72. The van der Waals surface area contributed by atoms with Crippen molar-refractivity contribution < 1.29 is 38.6 Å². The van der Waals surface area contributed by atoms with Gasteiger partial charge in [0.25, 0.3) is 0 Å². The lowest BCUT2D eigenvalue weighted by molar-refractivity contribution is -0.176. The summed E-state index contributed by atoms with van der Waals surface area (Å²) in [5, 5.41) is 24.0. The van der Waals surface area contributed by atoms with Crippen LogP contribution in [0.3, 0.4) is 0 Å². The molecule has 0 aliphatic carbocycles. The molecule has 0 bridgehead atoms. The molecule has 0 aliphatic rings. The predicted molar refractivity (Wildman–Crippen MR) is 24.7 cm³/mol. The van der Waals surface area contributed by atoms with Crippen molar-refractivity contribution in [2.75, 3.05) is 0 Å². The molecule has 0 unspecified atom stereocenters. The lowest BCUT2D eigenvalue weighted by atomic mass is 15.0. The number of rotatable bonds is 0. The average Bonchev–Trinajstić information content (AvgIpc) is 1.72. The Morgan fingerprint density at radius 3 is 0.778 bits per heavy atom. The van der Waals surface area contributed by atoms with Crippen molar-refractivity contribution in [1.82, 2.24) is 0 Å². The van der Waals surface area contributed by atoms with Crippen LogP contribution < -0.4 is 0 Å². The fourth-order valence-electron chi connectivity index (χ4n) is 0. The van der Waals surface area contributed by atoms with Gasteiger partial charge in [-0.2, -0.15) is 8.42 Å². The third-order valence-corrected chi connectivity index (χ3v) is 0. The summed E-state index contributed by atoms with van der Waals surface area (Å²) in [7, 11) is -4.67. The second-order valence-corrected chi connectivity index (χ2v) is 1.34. The first-order chi connectivity index (χ1) is 4.00. The lowest BCUT2D eigenvalue weighted by Gasteiger charge is -1.68. The molecule has 0 saturated heterocycles. The Hall–Kier alpha value is -0.290. The molecule has 0 fully saturated rings. The van der Waals surface area contributed by atoms with E-state index < -0.39 is 10.4 Å². The lowest BCUT2D eigenvalue weighted by Crippen LogP contribution is -1.89. The third-order valence-electron chi connectivity index (χ3n) is 0. The van der Waals surface area contributed by atoms with E-state index >= 15 is 0 Å². The van der Waals surface area contributed by atoms with Gasteiger partial charge in [0.1, 0.15) is 0 Å². The molecule has 0 radical (unpaired) electrons. The normalized spacial score (nSPS) is 7.78. The van der Waals surface area contributed by atoms with Crippen molar-refractivity contribution in [2.45, 2.75) is 0 Å². The maximum Gasteiger partial charge on any atom is 0.394 e. The van der Waals surface area contributed by atoms with Gasteiger partial charge in [-0.15, -0.1) is 0 Å². The summed E-state index contributed by atoms with van der Waals surface area (Å²) in [6, 6.07) is 0. The molecule has 0 aromatic heterocycles. The fourth-order valence-corrected chi connectivity index (χ4v) is 0. The molecule has 9 heteroatoms. The van der Waals surface area contributed by atoms with Crippen LogP contribution >= 0.6 is 0 Å². The minimum absolute atomic E-state index is 4.67. The van der Waals surface area contributed by atoms with Crippen molar-refractivity contribution in [3.63, 3.8) is 0 Å². The molecular weight excluding hydrogens is 160 g/mol. The number of hydrogen-bond acceptors (Lipinski definition) is 6. The highest BCUT2D eigenvalue weighted by Gasteiger charge is 1.84. The van der Waals surface area contributed by atoms with E-state index in [9.17, 15) is 0 Å². The SMILES string of the molecule is O=S(=O)(O)O.OO.OO. The third kappa shape index (κ3) is 2990. The van der Waals surface area contributed by atoms with Crippen molar-refractivity contribution in [2.24, 2.45) is 0 Å². The average molecular weight is 166 g/mol. The molecule has 0 aromatic rings. The molecular formula is H6O8S. The van der Waals surface area contributed by atoms with Crippen LogP contribution in [0, 0.1) is 0 Å². The van der Waals surface area contributed by atoms with E-state index in [4.69, 9.17) is 38.6 Å². The van der Waals surface area contributed by atoms with Crippen LogP contribution in [0.2, 0.25) is 0 Å². The van der Waals surface area contributed by atoms with E-state index in [-0.39, 0.29) is 0 Å². The summed E-state index contributed by atoms with van der Waals surface area (Å²) in [6.07, 6.45) is 0. The second kappa shape index (κ2) is 10.6. The Labute approximate surface area is 50.1 Å². The zero-order chi connectivity index (χ0) is 8.50. The summed E-state index contributed by atoms with van der Waals surface area (Å²) in [5.41, 5.74) is 0. The van der Waals surface area contributed by atoms with Gasteiger partial charge in [0.15, 0.2) is 0 Å². The smallest absolute Gasteiger partial charge is 0.264 e. The van der Waals surface area contributed by atoms with Crippen molar-refractivity contribution in [3.05, 3.63) is 0 Å². The maximum atomic E-state index is 8.74. The van der Waals surface area contributed by atoms with Crippen molar-refractivity contribution in [3.8, 4) is 0 Å². The van der Waals surface area contributed by atoms with E-state index in [1.54, 1.807) is 0 Å². The van der Waals surface area contributed by atoms with E-state index in [1.807, 2.05) is 0 Å². The largest absolute Gasteiger partial charge is 0.394 e. The van der Waals surface area contributed by atoms with Crippen molar-refractivity contribution in [1.29, 1.82) is 0 Å². The molecule has 0 saturated carbocycles. The van der Waals surface area contributed by atoms with E-state index in [2.05, 4.69) is 0 Å². The summed E-state index contributed by atoms with van der Waals surface area (Å²) in [4.78, 5) is 0. The number of hydrogen-bond donors (Lipinski definition) is 6. The van der Waals surface area contributed by atoms with Crippen LogP contribution in [0.4, 0.5) is 0 Å². The minimum atomic E-state index is -4.67.